The first-order valence-corrected chi connectivity index (χ1v) is 5.58. The molecule has 1 heterocycles. The Hall–Kier alpha value is -1.79. The van der Waals surface area contributed by atoms with E-state index in [1.807, 2.05) is 0 Å². The Morgan fingerprint density at radius 3 is 2.39 bits per heavy atom. The number of carbonyl (C=O) groups is 3. The van der Waals surface area contributed by atoms with E-state index in [2.05, 4.69) is 0 Å². The zero-order valence-electron chi connectivity index (χ0n) is 11.0. The van der Waals surface area contributed by atoms with Gasteiger partial charge in [-0.3, -0.25) is 4.79 Å². The molecule has 102 valence electrons. The molecule has 1 atom stereocenters. The number of carboxylic acids is 1. The first-order chi connectivity index (χ1) is 8.11. The van der Waals surface area contributed by atoms with Gasteiger partial charge in [-0.25, -0.2) is 9.59 Å². The molecule has 0 unspecified atom stereocenters. The van der Waals surface area contributed by atoms with Crippen LogP contribution in [0.3, 0.4) is 0 Å². The minimum Gasteiger partial charge on any atom is -0.480 e. The van der Waals surface area contributed by atoms with E-state index in [0.29, 0.717) is 0 Å². The second-order valence-corrected chi connectivity index (χ2v) is 5.21. The Balaban J connectivity index is 2.62. The molecule has 7 heteroatoms. The topological polar surface area (TPSA) is 87.2 Å². The number of carbonyl (C=O) groups excluding carboxylic acids is 2. The van der Waals surface area contributed by atoms with Gasteiger partial charge in [0.05, 0.1) is 6.54 Å². The van der Waals surface area contributed by atoms with Crippen LogP contribution in [-0.4, -0.2) is 64.7 Å². The van der Waals surface area contributed by atoms with Crippen LogP contribution < -0.4 is 0 Å². The quantitative estimate of drug-likeness (QED) is 0.728. The predicted molar refractivity (Wildman–Crippen MR) is 62.0 cm³/mol. The average molecular weight is 258 g/mol. The SMILES string of the molecule is CN1C(=O)N(CC(=O)OC(C)(C)C)C[C@@H]1C(=O)O. The van der Waals surface area contributed by atoms with E-state index in [0.717, 1.165) is 4.90 Å². The van der Waals surface area contributed by atoms with E-state index >= 15 is 0 Å². The largest absolute Gasteiger partial charge is 0.480 e. The van der Waals surface area contributed by atoms with Crippen LogP contribution >= 0.6 is 0 Å². The number of carboxylic acid groups (broad SMARTS) is 1. The number of likely N-dealkylation sites (N-methyl/N-ethyl adjacent to an activating group) is 1. The minimum absolute atomic E-state index is 0.0100. The van der Waals surface area contributed by atoms with Gasteiger partial charge in [-0.05, 0) is 20.8 Å². The van der Waals surface area contributed by atoms with Crippen LogP contribution in [0.25, 0.3) is 0 Å². The highest BCUT2D eigenvalue weighted by atomic mass is 16.6. The predicted octanol–water partition coefficient (Wildman–Crippen LogP) is 0.149. The van der Waals surface area contributed by atoms with E-state index < -0.39 is 29.6 Å². The molecule has 1 fully saturated rings. The summed E-state index contributed by atoms with van der Waals surface area (Å²) in [6, 6.07) is -1.40. The lowest BCUT2D eigenvalue weighted by Gasteiger charge is -2.22. The van der Waals surface area contributed by atoms with Crippen molar-refractivity contribution >= 4 is 18.0 Å². The van der Waals surface area contributed by atoms with Crippen molar-refractivity contribution in [2.45, 2.75) is 32.4 Å². The standard InChI is InChI=1S/C11H18N2O5/c1-11(2,3)18-8(14)6-13-5-7(9(15)16)12(4)10(13)17/h7H,5-6H2,1-4H3,(H,15,16)/t7-/m1/s1. The number of nitrogens with zero attached hydrogens (tertiary/aromatic N) is 2. The van der Waals surface area contributed by atoms with Crippen molar-refractivity contribution in [3.05, 3.63) is 0 Å². The second kappa shape index (κ2) is 4.83. The summed E-state index contributed by atoms with van der Waals surface area (Å²) >= 11 is 0. The van der Waals surface area contributed by atoms with Gasteiger partial charge in [0, 0.05) is 7.05 Å². The summed E-state index contributed by atoms with van der Waals surface area (Å²) in [6.07, 6.45) is 0. The van der Waals surface area contributed by atoms with Crippen LogP contribution in [0.4, 0.5) is 4.79 Å². The number of ether oxygens (including phenoxy) is 1. The summed E-state index contributed by atoms with van der Waals surface area (Å²) < 4.78 is 5.08. The number of aliphatic carboxylic acids is 1. The Kier molecular flexibility index (Phi) is 3.83. The number of hydrogen-bond donors (Lipinski definition) is 1. The molecule has 7 nitrogen and oxygen atoms in total. The molecule has 2 amide bonds. The molecule has 0 aliphatic carbocycles. The van der Waals surface area contributed by atoms with E-state index in [1.165, 1.54) is 11.9 Å². The fraction of sp³-hybridized carbons (Fsp3) is 0.727. The lowest BCUT2D eigenvalue weighted by Crippen LogP contribution is -2.37. The van der Waals surface area contributed by atoms with Gasteiger partial charge in [-0.15, -0.1) is 0 Å². The van der Waals surface area contributed by atoms with Gasteiger partial charge < -0.3 is 19.6 Å². The summed E-state index contributed by atoms with van der Waals surface area (Å²) in [6.45, 7) is 4.93. The van der Waals surface area contributed by atoms with Crippen molar-refractivity contribution < 1.29 is 24.2 Å². The molecule has 0 bridgehead atoms. The van der Waals surface area contributed by atoms with Crippen LogP contribution in [-0.2, 0) is 14.3 Å². The van der Waals surface area contributed by atoms with Gasteiger partial charge in [0.25, 0.3) is 0 Å². The third-order valence-electron chi connectivity index (χ3n) is 2.46. The van der Waals surface area contributed by atoms with Crippen LogP contribution in [0.2, 0.25) is 0 Å². The number of rotatable bonds is 3. The van der Waals surface area contributed by atoms with Gasteiger partial charge >= 0.3 is 18.0 Å². The third kappa shape index (κ3) is 3.35. The molecule has 1 rings (SSSR count). The van der Waals surface area contributed by atoms with Crippen LogP contribution in [0.1, 0.15) is 20.8 Å². The maximum Gasteiger partial charge on any atom is 0.328 e. The molecule has 18 heavy (non-hydrogen) atoms. The normalized spacial score (nSPS) is 20.2. The molecule has 1 aliphatic heterocycles. The Bertz CT molecular complexity index is 374. The molecule has 0 saturated carbocycles. The second-order valence-electron chi connectivity index (χ2n) is 5.21. The fourth-order valence-corrected chi connectivity index (χ4v) is 1.67. The van der Waals surface area contributed by atoms with E-state index in [-0.39, 0.29) is 13.1 Å². The van der Waals surface area contributed by atoms with Crippen molar-refractivity contribution in [2.75, 3.05) is 20.1 Å². The molecular weight excluding hydrogens is 240 g/mol. The van der Waals surface area contributed by atoms with Gasteiger partial charge in [-0.2, -0.15) is 0 Å². The third-order valence-corrected chi connectivity index (χ3v) is 2.46. The Morgan fingerprint density at radius 1 is 1.44 bits per heavy atom. The minimum atomic E-state index is -1.09. The van der Waals surface area contributed by atoms with Gasteiger partial charge in [0.1, 0.15) is 18.2 Å². The molecule has 0 spiro atoms. The zero-order valence-corrected chi connectivity index (χ0v) is 11.0. The maximum absolute atomic E-state index is 11.7. The smallest absolute Gasteiger partial charge is 0.328 e. The molecular formula is C11H18N2O5. The monoisotopic (exact) mass is 258 g/mol. The molecule has 1 N–H and O–H groups in total. The van der Waals surface area contributed by atoms with Gasteiger partial charge in [-0.1, -0.05) is 0 Å². The number of amides is 2. The summed E-state index contributed by atoms with van der Waals surface area (Å²) in [5, 5.41) is 8.90. The van der Waals surface area contributed by atoms with Gasteiger partial charge in [0.15, 0.2) is 0 Å². The average Bonchev–Trinajstić information content (AvgIpc) is 2.43. The molecule has 0 aromatic carbocycles. The van der Waals surface area contributed by atoms with E-state index in [1.54, 1.807) is 20.8 Å². The molecule has 0 aromatic heterocycles. The molecule has 0 aromatic rings. The number of urea groups is 1. The zero-order chi connectivity index (χ0) is 14.1. The Morgan fingerprint density at radius 2 is 2.00 bits per heavy atom. The summed E-state index contributed by atoms with van der Waals surface area (Å²) in [5.41, 5.74) is -0.627. The van der Waals surface area contributed by atoms with Gasteiger partial charge in [0.2, 0.25) is 0 Å². The molecule has 1 aliphatic rings. The number of hydrogen-bond acceptors (Lipinski definition) is 4. The molecule has 0 radical (unpaired) electrons. The lowest BCUT2D eigenvalue weighted by atomic mass is 10.2. The van der Waals surface area contributed by atoms with Crippen LogP contribution in [0.5, 0.6) is 0 Å². The van der Waals surface area contributed by atoms with E-state index in [9.17, 15) is 14.4 Å². The molecule has 1 saturated heterocycles. The summed E-state index contributed by atoms with van der Waals surface area (Å²) in [4.78, 5) is 36.4. The van der Waals surface area contributed by atoms with Crippen molar-refractivity contribution in [1.29, 1.82) is 0 Å². The highest BCUT2D eigenvalue weighted by molar-refractivity contribution is 5.88. The van der Waals surface area contributed by atoms with Crippen LogP contribution in [0, 0.1) is 0 Å². The number of esters is 1. The van der Waals surface area contributed by atoms with Crippen molar-refractivity contribution in [2.24, 2.45) is 0 Å². The van der Waals surface area contributed by atoms with E-state index in [4.69, 9.17) is 9.84 Å². The first-order valence-electron chi connectivity index (χ1n) is 5.58. The van der Waals surface area contributed by atoms with Crippen molar-refractivity contribution in [1.82, 2.24) is 9.80 Å². The summed E-state index contributed by atoms with van der Waals surface area (Å²) in [5.74, 6) is -1.63. The maximum atomic E-state index is 11.7. The lowest BCUT2D eigenvalue weighted by molar-refractivity contribution is -0.155. The highest BCUT2D eigenvalue weighted by Gasteiger charge is 2.40. The van der Waals surface area contributed by atoms with Crippen molar-refractivity contribution in [3.8, 4) is 0 Å². The first kappa shape index (κ1) is 14.3. The Labute approximate surface area is 105 Å². The van der Waals surface area contributed by atoms with Crippen LogP contribution in [0.15, 0.2) is 0 Å². The van der Waals surface area contributed by atoms with Crippen molar-refractivity contribution in [3.63, 3.8) is 0 Å². The fourth-order valence-electron chi connectivity index (χ4n) is 1.67. The highest BCUT2D eigenvalue weighted by Crippen LogP contribution is 2.15. The summed E-state index contributed by atoms with van der Waals surface area (Å²) in [7, 11) is 1.40.